The summed E-state index contributed by atoms with van der Waals surface area (Å²) in [6.45, 7) is 4.39. The van der Waals surface area contributed by atoms with Crippen LogP contribution in [0.2, 0.25) is 0 Å². The molecule has 2 rings (SSSR count). The highest BCUT2D eigenvalue weighted by atomic mass is 16.6. The molecule has 0 saturated heterocycles. The second-order valence-electron chi connectivity index (χ2n) is 10.1. The SMILES string of the molecule is NCCOc1cc(/C=C/C(=O)CC(=O)/C=C/c2ccc(OCCOCCOCCO)c(OCCN)c2)ccc1OCCOCCOCCO. The lowest BCUT2D eigenvalue weighted by Gasteiger charge is -2.13. The molecular weight excluding hydrogens is 640 g/mol. The first-order valence-corrected chi connectivity index (χ1v) is 16.1. The monoisotopic (exact) mass is 690 g/mol. The van der Waals surface area contributed by atoms with Gasteiger partial charge in [-0.1, -0.05) is 24.3 Å². The third kappa shape index (κ3) is 19.1. The Morgan fingerprint density at radius 1 is 0.510 bits per heavy atom. The Labute approximate surface area is 287 Å². The summed E-state index contributed by atoms with van der Waals surface area (Å²) in [5, 5.41) is 17.4. The van der Waals surface area contributed by atoms with E-state index in [0.717, 1.165) is 0 Å². The van der Waals surface area contributed by atoms with E-state index in [4.69, 9.17) is 59.6 Å². The third-order valence-corrected chi connectivity index (χ3v) is 6.14. The van der Waals surface area contributed by atoms with Crippen molar-refractivity contribution in [3.05, 3.63) is 59.7 Å². The molecule has 14 heteroatoms. The molecule has 0 aromatic heterocycles. The van der Waals surface area contributed by atoms with Gasteiger partial charge in [0.15, 0.2) is 34.6 Å². The van der Waals surface area contributed by atoms with E-state index in [1.54, 1.807) is 48.6 Å². The molecule has 0 saturated carbocycles. The number of ether oxygens (including phenoxy) is 8. The standard InChI is InChI=1S/C35H50N2O12/c36-9-13-46-34-25-28(3-7-32(34)48-23-21-44-19-17-42-15-11-38)1-5-30(40)27-31(41)6-2-29-4-8-33(35(26-29)47-14-10-37)49-24-22-45-20-18-43-16-12-39/h1-8,25-26,38-39H,9-24,27,36-37H2/b5-1+,6-2+. The number of carbonyl (C=O) groups excluding carboxylic acids is 2. The molecule has 0 radical (unpaired) electrons. The minimum Gasteiger partial charge on any atom is -0.488 e. The van der Waals surface area contributed by atoms with E-state index >= 15 is 0 Å². The van der Waals surface area contributed by atoms with Crippen molar-refractivity contribution in [3.63, 3.8) is 0 Å². The lowest BCUT2D eigenvalue weighted by Crippen LogP contribution is -2.13. The van der Waals surface area contributed by atoms with Gasteiger partial charge in [0.25, 0.3) is 0 Å². The Morgan fingerprint density at radius 2 is 0.878 bits per heavy atom. The molecule has 0 bridgehead atoms. The van der Waals surface area contributed by atoms with Gasteiger partial charge in [-0.2, -0.15) is 0 Å². The summed E-state index contributed by atoms with van der Waals surface area (Å²) in [5.41, 5.74) is 12.6. The van der Waals surface area contributed by atoms with Crippen molar-refractivity contribution >= 4 is 23.7 Å². The summed E-state index contributed by atoms with van der Waals surface area (Å²) >= 11 is 0. The van der Waals surface area contributed by atoms with Crippen LogP contribution in [0.25, 0.3) is 12.2 Å². The van der Waals surface area contributed by atoms with E-state index in [9.17, 15) is 9.59 Å². The summed E-state index contributed by atoms with van der Waals surface area (Å²) in [5.74, 6) is 1.20. The van der Waals surface area contributed by atoms with Crippen LogP contribution in [0.15, 0.2) is 48.6 Å². The van der Waals surface area contributed by atoms with Crippen LogP contribution in [-0.2, 0) is 28.5 Å². The van der Waals surface area contributed by atoms with Gasteiger partial charge in [-0.25, -0.2) is 0 Å². The Hall–Kier alpha value is -3.86. The second-order valence-corrected chi connectivity index (χ2v) is 10.1. The van der Waals surface area contributed by atoms with Gasteiger partial charge < -0.3 is 59.6 Å². The van der Waals surface area contributed by atoms with E-state index in [1.165, 1.54) is 12.2 Å². The molecule has 2 aromatic carbocycles. The molecular formula is C35H50N2O12. The lowest BCUT2D eigenvalue weighted by atomic mass is 10.1. The van der Waals surface area contributed by atoms with Gasteiger partial charge in [0, 0.05) is 13.1 Å². The molecule has 2 aromatic rings. The highest BCUT2D eigenvalue weighted by Gasteiger charge is 2.10. The first-order valence-electron chi connectivity index (χ1n) is 16.1. The van der Waals surface area contributed by atoms with Crippen molar-refractivity contribution < 1.29 is 57.7 Å². The van der Waals surface area contributed by atoms with Crippen LogP contribution in [0, 0.1) is 0 Å². The van der Waals surface area contributed by atoms with Crippen LogP contribution in [0.4, 0.5) is 0 Å². The van der Waals surface area contributed by atoms with Crippen LogP contribution >= 0.6 is 0 Å². The smallest absolute Gasteiger partial charge is 0.163 e. The van der Waals surface area contributed by atoms with Crippen LogP contribution in [0.1, 0.15) is 17.5 Å². The predicted octanol–water partition coefficient (Wildman–Crippen LogP) is 1.43. The quantitative estimate of drug-likeness (QED) is 0.0521. The maximum Gasteiger partial charge on any atom is 0.163 e. The normalized spacial score (nSPS) is 11.3. The van der Waals surface area contributed by atoms with Crippen LogP contribution in [-0.4, -0.2) is 127 Å². The average molecular weight is 691 g/mol. The fraction of sp³-hybridized carbons (Fsp3) is 0.486. The van der Waals surface area contributed by atoms with Crippen molar-refractivity contribution in [2.45, 2.75) is 6.42 Å². The first-order chi connectivity index (χ1) is 24.0. The van der Waals surface area contributed by atoms with Crippen LogP contribution < -0.4 is 30.4 Å². The molecule has 0 unspecified atom stereocenters. The fourth-order valence-electron chi connectivity index (χ4n) is 3.92. The highest BCUT2D eigenvalue weighted by Crippen LogP contribution is 2.30. The maximum absolute atomic E-state index is 12.6. The number of allylic oxidation sites excluding steroid dienone is 2. The Balaban J connectivity index is 1.88. The molecule has 0 heterocycles. The number of nitrogens with two attached hydrogens (primary N) is 2. The molecule has 0 amide bonds. The topological polar surface area (TPSA) is 200 Å². The molecule has 14 nitrogen and oxygen atoms in total. The van der Waals surface area contributed by atoms with Crippen molar-refractivity contribution in [3.8, 4) is 23.0 Å². The highest BCUT2D eigenvalue weighted by molar-refractivity contribution is 6.10. The third-order valence-electron chi connectivity index (χ3n) is 6.14. The van der Waals surface area contributed by atoms with Crippen LogP contribution in [0.3, 0.4) is 0 Å². The minimum atomic E-state index is -0.364. The van der Waals surface area contributed by atoms with Gasteiger partial charge in [0.05, 0.1) is 72.5 Å². The van der Waals surface area contributed by atoms with Crippen LogP contribution in [0.5, 0.6) is 23.0 Å². The predicted molar refractivity (Wildman–Crippen MR) is 183 cm³/mol. The van der Waals surface area contributed by atoms with Crippen molar-refractivity contribution in [2.24, 2.45) is 11.5 Å². The number of carbonyl (C=O) groups is 2. The molecule has 49 heavy (non-hydrogen) atoms. The number of hydrogen-bond acceptors (Lipinski definition) is 14. The number of ketones is 2. The molecule has 0 atom stereocenters. The average Bonchev–Trinajstić information content (AvgIpc) is 3.11. The Bertz CT molecular complexity index is 1180. The zero-order valence-electron chi connectivity index (χ0n) is 27.9. The second kappa shape index (κ2) is 27.0. The molecule has 6 N–H and O–H groups in total. The lowest BCUT2D eigenvalue weighted by molar-refractivity contribution is -0.121. The van der Waals surface area contributed by atoms with Gasteiger partial charge in [-0.15, -0.1) is 0 Å². The molecule has 272 valence electrons. The first kappa shape index (κ1) is 41.3. The van der Waals surface area contributed by atoms with Gasteiger partial charge in [0.1, 0.15) is 26.4 Å². The van der Waals surface area contributed by atoms with E-state index in [0.29, 0.717) is 86.9 Å². The zero-order chi connectivity index (χ0) is 35.4. The van der Waals surface area contributed by atoms with E-state index in [2.05, 4.69) is 0 Å². The van der Waals surface area contributed by atoms with Gasteiger partial charge in [-0.3, -0.25) is 9.59 Å². The van der Waals surface area contributed by atoms with E-state index in [1.807, 2.05) is 0 Å². The van der Waals surface area contributed by atoms with Gasteiger partial charge in [-0.05, 0) is 47.5 Å². The zero-order valence-corrected chi connectivity index (χ0v) is 27.9. The summed E-state index contributed by atoms with van der Waals surface area (Å²) in [7, 11) is 0. The number of rotatable bonds is 30. The molecule has 0 aliphatic carbocycles. The molecule has 0 aliphatic heterocycles. The number of benzene rings is 2. The van der Waals surface area contributed by atoms with Gasteiger partial charge in [0.2, 0.25) is 0 Å². The molecule has 0 spiro atoms. The van der Waals surface area contributed by atoms with E-state index in [-0.39, 0.29) is 70.8 Å². The molecule has 0 aliphatic rings. The minimum absolute atomic E-state index is 0.0330. The maximum atomic E-state index is 12.6. The van der Waals surface area contributed by atoms with Crippen molar-refractivity contribution in [1.29, 1.82) is 0 Å². The summed E-state index contributed by atoms with van der Waals surface area (Å²) < 4.78 is 44.2. The Morgan fingerprint density at radius 3 is 1.27 bits per heavy atom. The summed E-state index contributed by atoms with van der Waals surface area (Å²) in [4.78, 5) is 25.1. The summed E-state index contributed by atoms with van der Waals surface area (Å²) in [6.07, 6.45) is 5.59. The Kier molecular flexibility index (Phi) is 22.8. The molecule has 0 fully saturated rings. The van der Waals surface area contributed by atoms with Gasteiger partial charge >= 0.3 is 0 Å². The largest absolute Gasteiger partial charge is 0.488 e. The number of aliphatic hydroxyl groups excluding tert-OH is 2. The number of hydrogen-bond donors (Lipinski definition) is 4. The van der Waals surface area contributed by atoms with E-state index < -0.39 is 0 Å². The van der Waals surface area contributed by atoms with Crippen molar-refractivity contribution in [1.82, 2.24) is 0 Å². The summed E-state index contributed by atoms with van der Waals surface area (Å²) in [6, 6.07) is 10.4. The number of aliphatic hydroxyl groups is 2. The van der Waals surface area contributed by atoms with Crippen molar-refractivity contribution in [2.75, 3.05) is 106 Å². The fourth-order valence-corrected chi connectivity index (χ4v) is 3.92.